The molecule has 0 fully saturated rings. The van der Waals surface area contributed by atoms with Crippen LogP contribution in [0.1, 0.15) is 34.1 Å². The van der Waals surface area contributed by atoms with Gasteiger partial charge in [0.05, 0.1) is 12.0 Å². The average molecular weight is 175 g/mol. The summed E-state index contributed by atoms with van der Waals surface area (Å²) in [5.74, 6) is 0.635. The molecule has 1 unspecified atom stereocenters. The SMILES string of the molecule is C/C=C(/CC)C1C(C)=C1[C@@H](C)C#N. The first-order valence-corrected chi connectivity index (χ1v) is 4.92. The minimum atomic E-state index is 0.103. The van der Waals surface area contributed by atoms with Gasteiger partial charge in [-0.1, -0.05) is 24.1 Å². The van der Waals surface area contributed by atoms with Crippen LogP contribution in [0.15, 0.2) is 22.8 Å². The van der Waals surface area contributed by atoms with Gasteiger partial charge >= 0.3 is 0 Å². The molecule has 1 heteroatoms. The van der Waals surface area contributed by atoms with Crippen molar-refractivity contribution < 1.29 is 0 Å². The van der Waals surface area contributed by atoms with Crippen LogP contribution >= 0.6 is 0 Å². The molecule has 0 saturated heterocycles. The monoisotopic (exact) mass is 175 g/mol. The normalized spacial score (nSPS) is 24.2. The van der Waals surface area contributed by atoms with E-state index in [1.165, 1.54) is 16.7 Å². The molecule has 0 amide bonds. The molecule has 0 bridgehead atoms. The lowest BCUT2D eigenvalue weighted by molar-refractivity contribution is 0.822. The van der Waals surface area contributed by atoms with Crippen LogP contribution in [0, 0.1) is 23.2 Å². The summed E-state index contributed by atoms with van der Waals surface area (Å²) < 4.78 is 0. The fourth-order valence-corrected chi connectivity index (χ4v) is 2.07. The van der Waals surface area contributed by atoms with Crippen molar-refractivity contribution in [3.8, 4) is 6.07 Å². The van der Waals surface area contributed by atoms with E-state index in [2.05, 4.69) is 32.9 Å². The van der Waals surface area contributed by atoms with Gasteiger partial charge in [-0.3, -0.25) is 0 Å². The number of allylic oxidation sites excluding steroid dienone is 4. The van der Waals surface area contributed by atoms with Crippen LogP contribution in [0.5, 0.6) is 0 Å². The van der Waals surface area contributed by atoms with E-state index >= 15 is 0 Å². The molecule has 0 aliphatic heterocycles. The summed E-state index contributed by atoms with van der Waals surface area (Å²) in [6.45, 7) is 8.39. The van der Waals surface area contributed by atoms with Crippen molar-refractivity contribution in [2.45, 2.75) is 34.1 Å². The fraction of sp³-hybridized carbons (Fsp3) is 0.583. The Balaban J connectivity index is 2.70. The highest BCUT2D eigenvalue weighted by Gasteiger charge is 2.37. The maximum atomic E-state index is 8.80. The molecule has 0 N–H and O–H groups in total. The van der Waals surface area contributed by atoms with Crippen molar-refractivity contribution >= 4 is 0 Å². The lowest BCUT2D eigenvalue weighted by atomic mass is 9.99. The van der Waals surface area contributed by atoms with E-state index in [1.54, 1.807) is 0 Å². The molecule has 0 aromatic rings. The van der Waals surface area contributed by atoms with Crippen LogP contribution in [0.4, 0.5) is 0 Å². The summed E-state index contributed by atoms with van der Waals surface area (Å²) in [7, 11) is 0. The van der Waals surface area contributed by atoms with E-state index in [0.717, 1.165) is 6.42 Å². The van der Waals surface area contributed by atoms with Crippen LogP contribution in [0.3, 0.4) is 0 Å². The Bertz CT molecular complexity index is 302. The van der Waals surface area contributed by atoms with Gasteiger partial charge < -0.3 is 0 Å². The quantitative estimate of drug-likeness (QED) is 0.603. The highest BCUT2D eigenvalue weighted by molar-refractivity contribution is 5.50. The molecule has 0 heterocycles. The Kier molecular flexibility index (Phi) is 2.93. The molecule has 1 aliphatic rings. The zero-order valence-corrected chi connectivity index (χ0v) is 8.89. The van der Waals surface area contributed by atoms with Gasteiger partial charge in [0.15, 0.2) is 0 Å². The van der Waals surface area contributed by atoms with Crippen LogP contribution < -0.4 is 0 Å². The second kappa shape index (κ2) is 3.79. The van der Waals surface area contributed by atoms with Gasteiger partial charge in [0.1, 0.15) is 0 Å². The minimum Gasteiger partial charge on any atom is -0.198 e. The largest absolute Gasteiger partial charge is 0.198 e. The van der Waals surface area contributed by atoms with Gasteiger partial charge in [0.25, 0.3) is 0 Å². The van der Waals surface area contributed by atoms with E-state index in [9.17, 15) is 0 Å². The van der Waals surface area contributed by atoms with Gasteiger partial charge in [-0.05, 0) is 32.8 Å². The standard InChI is InChI=1S/C12H17N/c1-5-10(6-2)12-9(4)11(12)8(3)7-13/h5,8,12H,6H2,1-4H3/b10-5-/t8-,12?/m0/s1. The molecule has 1 nitrogen and oxygen atoms in total. The Labute approximate surface area is 80.8 Å². The number of rotatable bonds is 3. The third-order valence-corrected chi connectivity index (χ3v) is 2.93. The summed E-state index contributed by atoms with van der Waals surface area (Å²) in [6, 6.07) is 2.31. The predicted molar refractivity (Wildman–Crippen MR) is 55.0 cm³/mol. The second-order valence-corrected chi connectivity index (χ2v) is 3.64. The molecular formula is C12H17N. The maximum absolute atomic E-state index is 8.80. The molecule has 1 rings (SSSR count). The summed E-state index contributed by atoms with van der Waals surface area (Å²) in [5, 5.41) is 8.80. The fourth-order valence-electron chi connectivity index (χ4n) is 2.07. The Morgan fingerprint density at radius 1 is 1.69 bits per heavy atom. The van der Waals surface area contributed by atoms with Gasteiger partial charge in [0, 0.05) is 5.92 Å². The predicted octanol–water partition coefficient (Wildman–Crippen LogP) is 3.45. The van der Waals surface area contributed by atoms with E-state index in [1.807, 2.05) is 6.92 Å². The molecule has 2 atom stereocenters. The molecule has 0 radical (unpaired) electrons. The van der Waals surface area contributed by atoms with E-state index in [0.29, 0.717) is 5.92 Å². The van der Waals surface area contributed by atoms with Gasteiger partial charge in [-0.2, -0.15) is 5.26 Å². The van der Waals surface area contributed by atoms with Crippen LogP contribution in [0.2, 0.25) is 0 Å². The summed E-state index contributed by atoms with van der Waals surface area (Å²) >= 11 is 0. The lowest BCUT2D eigenvalue weighted by Gasteiger charge is -2.04. The van der Waals surface area contributed by atoms with Gasteiger partial charge in [-0.25, -0.2) is 0 Å². The van der Waals surface area contributed by atoms with E-state index in [-0.39, 0.29) is 5.92 Å². The summed E-state index contributed by atoms with van der Waals surface area (Å²) in [6.07, 6.45) is 3.28. The topological polar surface area (TPSA) is 23.8 Å². The van der Waals surface area contributed by atoms with Gasteiger partial charge in [-0.15, -0.1) is 0 Å². The molecule has 1 aliphatic carbocycles. The first-order chi connectivity index (χ1) is 6.17. The number of hydrogen-bond donors (Lipinski definition) is 0. The van der Waals surface area contributed by atoms with Crippen LogP contribution in [-0.2, 0) is 0 Å². The van der Waals surface area contributed by atoms with Crippen molar-refractivity contribution in [2.24, 2.45) is 11.8 Å². The van der Waals surface area contributed by atoms with E-state index < -0.39 is 0 Å². The van der Waals surface area contributed by atoms with Crippen molar-refractivity contribution in [3.63, 3.8) is 0 Å². The summed E-state index contributed by atoms with van der Waals surface area (Å²) in [4.78, 5) is 0. The van der Waals surface area contributed by atoms with Crippen LogP contribution in [0.25, 0.3) is 0 Å². The van der Waals surface area contributed by atoms with Crippen molar-refractivity contribution in [3.05, 3.63) is 22.8 Å². The van der Waals surface area contributed by atoms with E-state index in [4.69, 9.17) is 5.26 Å². The third-order valence-electron chi connectivity index (χ3n) is 2.93. The first kappa shape index (κ1) is 10.1. The highest BCUT2D eigenvalue weighted by Crippen LogP contribution is 2.49. The third kappa shape index (κ3) is 1.67. The number of hydrogen-bond acceptors (Lipinski definition) is 1. The van der Waals surface area contributed by atoms with Crippen molar-refractivity contribution in [2.75, 3.05) is 0 Å². The minimum absolute atomic E-state index is 0.103. The zero-order valence-electron chi connectivity index (χ0n) is 8.89. The first-order valence-electron chi connectivity index (χ1n) is 4.92. The number of nitrogens with zero attached hydrogens (tertiary/aromatic N) is 1. The molecule has 0 spiro atoms. The molecule has 70 valence electrons. The maximum Gasteiger partial charge on any atom is 0.0697 e. The highest BCUT2D eigenvalue weighted by atomic mass is 14.4. The van der Waals surface area contributed by atoms with Gasteiger partial charge in [0.2, 0.25) is 0 Å². The Morgan fingerprint density at radius 3 is 2.69 bits per heavy atom. The molecule has 13 heavy (non-hydrogen) atoms. The summed E-state index contributed by atoms with van der Waals surface area (Å²) in [5.41, 5.74) is 4.25. The zero-order chi connectivity index (χ0) is 10.0. The number of nitriles is 1. The van der Waals surface area contributed by atoms with Crippen LogP contribution in [-0.4, -0.2) is 0 Å². The van der Waals surface area contributed by atoms with Crippen molar-refractivity contribution in [1.82, 2.24) is 0 Å². The smallest absolute Gasteiger partial charge is 0.0697 e. The Morgan fingerprint density at radius 2 is 2.31 bits per heavy atom. The molecular weight excluding hydrogens is 158 g/mol. The lowest BCUT2D eigenvalue weighted by Crippen LogP contribution is -1.94. The van der Waals surface area contributed by atoms with Crippen molar-refractivity contribution in [1.29, 1.82) is 5.26 Å². The molecule has 0 aromatic carbocycles. The Hall–Kier alpha value is -1.03. The molecule has 0 aromatic heterocycles. The second-order valence-electron chi connectivity index (χ2n) is 3.64. The average Bonchev–Trinajstić information content (AvgIpc) is 2.79. The molecule has 0 saturated carbocycles.